The molecule has 19 heavy (non-hydrogen) atoms. The molecule has 1 amide bonds. The fraction of sp³-hybridized carbons (Fsp3) is 0. The molecular weight excluding hydrogens is 286 g/mol. The molecule has 1 N–H and O–H groups in total. The Kier molecular flexibility index (Phi) is 3.87. The number of nitrogens with one attached hydrogen (secondary N) is 1. The summed E-state index contributed by atoms with van der Waals surface area (Å²) in [6.07, 6.45) is 0. The predicted molar refractivity (Wildman–Crippen MR) is 71.4 cm³/mol. The van der Waals surface area contributed by atoms with Gasteiger partial charge < -0.3 is 0 Å². The lowest BCUT2D eigenvalue weighted by atomic mass is 10.2. The molecule has 0 aromatic heterocycles. The molecule has 0 saturated carbocycles. The molecule has 6 heteroatoms. The zero-order valence-electron chi connectivity index (χ0n) is 9.63. The van der Waals surface area contributed by atoms with Crippen LogP contribution in [0.3, 0.4) is 0 Å². The van der Waals surface area contributed by atoms with E-state index in [1.54, 1.807) is 0 Å². The van der Waals surface area contributed by atoms with E-state index in [9.17, 15) is 13.2 Å². The van der Waals surface area contributed by atoms with Gasteiger partial charge in [-0.25, -0.2) is 13.1 Å². The minimum absolute atomic E-state index is 0.0206. The van der Waals surface area contributed by atoms with E-state index < -0.39 is 15.9 Å². The van der Waals surface area contributed by atoms with Crippen molar-refractivity contribution in [1.82, 2.24) is 4.72 Å². The summed E-state index contributed by atoms with van der Waals surface area (Å²) in [5, 5.41) is 0.420. The molecule has 0 heterocycles. The fourth-order valence-corrected chi connectivity index (χ4v) is 2.49. The van der Waals surface area contributed by atoms with Crippen molar-refractivity contribution in [3.63, 3.8) is 0 Å². The van der Waals surface area contributed by atoms with Crippen LogP contribution in [-0.4, -0.2) is 14.3 Å². The highest BCUT2D eigenvalue weighted by molar-refractivity contribution is 7.90. The number of benzene rings is 2. The molecule has 0 spiro atoms. The van der Waals surface area contributed by atoms with Gasteiger partial charge >= 0.3 is 0 Å². The summed E-state index contributed by atoms with van der Waals surface area (Å²) in [5.74, 6) is -0.691. The Hall–Kier alpha value is -1.85. The van der Waals surface area contributed by atoms with Crippen molar-refractivity contribution in [2.45, 2.75) is 4.90 Å². The summed E-state index contributed by atoms with van der Waals surface area (Å²) in [6.45, 7) is 0. The molecule has 0 atom stereocenters. The van der Waals surface area contributed by atoms with Gasteiger partial charge in [0.15, 0.2) is 0 Å². The van der Waals surface area contributed by atoms with Crippen LogP contribution in [0.2, 0.25) is 5.02 Å². The summed E-state index contributed by atoms with van der Waals surface area (Å²) in [4.78, 5) is 11.7. The Balaban J connectivity index is 2.23. The molecular formula is C13H9ClNO3S. The van der Waals surface area contributed by atoms with Crippen molar-refractivity contribution in [2.75, 3.05) is 0 Å². The predicted octanol–water partition coefficient (Wildman–Crippen LogP) is 2.26. The lowest BCUT2D eigenvalue weighted by Crippen LogP contribution is -2.30. The fourth-order valence-electron chi connectivity index (χ4n) is 1.39. The van der Waals surface area contributed by atoms with E-state index in [1.165, 1.54) is 48.5 Å². The zero-order valence-corrected chi connectivity index (χ0v) is 11.2. The van der Waals surface area contributed by atoms with Gasteiger partial charge in [-0.05, 0) is 42.5 Å². The maximum atomic E-state index is 11.9. The molecule has 0 bridgehead atoms. The third-order valence-electron chi connectivity index (χ3n) is 2.33. The van der Waals surface area contributed by atoms with E-state index >= 15 is 0 Å². The van der Waals surface area contributed by atoms with Crippen molar-refractivity contribution >= 4 is 27.5 Å². The number of carbonyl (C=O) groups excluding carboxylic acids is 1. The van der Waals surface area contributed by atoms with E-state index in [2.05, 4.69) is 6.07 Å². The molecule has 2 aromatic rings. The van der Waals surface area contributed by atoms with Crippen molar-refractivity contribution in [3.05, 3.63) is 65.2 Å². The Labute approximate surface area is 116 Å². The number of halogens is 1. The second kappa shape index (κ2) is 5.42. The second-order valence-electron chi connectivity index (χ2n) is 3.68. The van der Waals surface area contributed by atoms with Crippen LogP contribution in [0, 0.1) is 6.07 Å². The van der Waals surface area contributed by atoms with E-state index in [0.717, 1.165) is 0 Å². The average Bonchev–Trinajstić information content (AvgIpc) is 2.40. The third-order valence-corrected chi connectivity index (χ3v) is 3.93. The van der Waals surface area contributed by atoms with Gasteiger partial charge in [0.05, 0.1) is 4.90 Å². The van der Waals surface area contributed by atoms with Gasteiger partial charge in [0, 0.05) is 10.6 Å². The number of hydrogen-bond acceptors (Lipinski definition) is 3. The first kappa shape index (κ1) is 13.6. The summed E-state index contributed by atoms with van der Waals surface area (Å²) in [6, 6.07) is 14.3. The van der Waals surface area contributed by atoms with Gasteiger partial charge in [-0.15, -0.1) is 0 Å². The van der Waals surface area contributed by atoms with E-state index in [4.69, 9.17) is 11.6 Å². The standard InChI is InChI=1S/C13H9ClNO3S/c14-11-6-8-12(9-7-11)19(17,18)15-13(16)10-4-2-1-3-5-10/h2-9H,(H,15,16). The molecule has 0 unspecified atom stereocenters. The molecule has 0 saturated heterocycles. The van der Waals surface area contributed by atoms with Crippen molar-refractivity contribution in [1.29, 1.82) is 0 Å². The Morgan fingerprint density at radius 1 is 1.05 bits per heavy atom. The molecule has 2 rings (SSSR count). The van der Waals surface area contributed by atoms with Gasteiger partial charge in [-0.1, -0.05) is 23.7 Å². The quantitative estimate of drug-likeness (QED) is 0.944. The van der Waals surface area contributed by atoms with Crippen LogP contribution in [-0.2, 0) is 10.0 Å². The highest BCUT2D eigenvalue weighted by atomic mass is 35.5. The highest BCUT2D eigenvalue weighted by Crippen LogP contribution is 2.14. The molecule has 2 aromatic carbocycles. The topological polar surface area (TPSA) is 63.2 Å². The third kappa shape index (κ3) is 3.33. The maximum absolute atomic E-state index is 11.9. The Morgan fingerprint density at radius 3 is 2.21 bits per heavy atom. The van der Waals surface area contributed by atoms with Crippen LogP contribution in [0.1, 0.15) is 10.4 Å². The van der Waals surface area contributed by atoms with Crippen LogP contribution in [0.4, 0.5) is 0 Å². The van der Waals surface area contributed by atoms with Crippen molar-refractivity contribution in [3.8, 4) is 0 Å². The Morgan fingerprint density at radius 2 is 1.63 bits per heavy atom. The van der Waals surface area contributed by atoms with Gasteiger partial charge in [-0.3, -0.25) is 4.79 Å². The lowest BCUT2D eigenvalue weighted by molar-refractivity contribution is 0.0981. The molecule has 0 aliphatic heterocycles. The summed E-state index contributed by atoms with van der Waals surface area (Å²) >= 11 is 5.68. The van der Waals surface area contributed by atoms with Crippen molar-refractivity contribution in [2.24, 2.45) is 0 Å². The van der Waals surface area contributed by atoms with Gasteiger partial charge in [0.2, 0.25) is 0 Å². The monoisotopic (exact) mass is 294 g/mol. The first-order chi connectivity index (χ1) is 8.99. The first-order valence-corrected chi connectivity index (χ1v) is 7.14. The molecule has 1 radical (unpaired) electrons. The number of sulfonamides is 1. The SMILES string of the molecule is O=C(NS(=O)(=O)c1ccc(Cl)cc1)c1cc[c]cc1. The van der Waals surface area contributed by atoms with Crippen LogP contribution >= 0.6 is 11.6 Å². The minimum Gasteiger partial charge on any atom is -0.268 e. The summed E-state index contributed by atoms with van der Waals surface area (Å²) < 4.78 is 25.9. The Bertz CT molecular complexity index is 682. The van der Waals surface area contributed by atoms with E-state index in [0.29, 0.717) is 5.02 Å². The highest BCUT2D eigenvalue weighted by Gasteiger charge is 2.18. The molecule has 4 nitrogen and oxygen atoms in total. The van der Waals surface area contributed by atoms with Crippen LogP contribution in [0.15, 0.2) is 53.4 Å². The van der Waals surface area contributed by atoms with Gasteiger partial charge in [0.1, 0.15) is 0 Å². The van der Waals surface area contributed by atoms with E-state index in [-0.39, 0.29) is 10.5 Å². The number of carbonyl (C=O) groups is 1. The minimum atomic E-state index is -3.89. The maximum Gasteiger partial charge on any atom is 0.264 e. The smallest absolute Gasteiger partial charge is 0.264 e. The van der Waals surface area contributed by atoms with Crippen LogP contribution < -0.4 is 4.72 Å². The number of amides is 1. The normalized spacial score (nSPS) is 11.0. The summed E-state index contributed by atoms with van der Waals surface area (Å²) in [5.41, 5.74) is 0.247. The van der Waals surface area contributed by atoms with Crippen LogP contribution in [0.5, 0.6) is 0 Å². The molecule has 97 valence electrons. The molecule has 0 aliphatic carbocycles. The van der Waals surface area contributed by atoms with Crippen LogP contribution in [0.25, 0.3) is 0 Å². The average molecular weight is 295 g/mol. The van der Waals surface area contributed by atoms with Crippen molar-refractivity contribution < 1.29 is 13.2 Å². The summed E-state index contributed by atoms with van der Waals surface area (Å²) in [7, 11) is -3.89. The van der Waals surface area contributed by atoms with E-state index in [1.807, 2.05) is 4.72 Å². The largest absolute Gasteiger partial charge is 0.268 e. The second-order valence-corrected chi connectivity index (χ2v) is 5.80. The van der Waals surface area contributed by atoms with Gasteiger partial charge in [0.25, 0.3) is 15.9 Å². The number of rotatable bonds is 3. The molecule has 0 fully saturated rings. The van der Waals surface area contributed by atoms with Gasteiger partial charge in [-0.2, -0.15) is 0 Å². The lowest BCUT2D eigenvalue weighted by Gasteiger charge is -2.06. The zero-order chi connectivity index (χ0) is 13.9. The first-order valence-electron chi connectivity index (χ1n) is 5.28. The number of hydrogen-bond donors (Lipinski definition) is 1. The molecule has 0 aliphatic rings.